The highest BCUT2D eigenvalue weighted by molar-refractivity contribution is 5.73. The second-order valence-corrected chi connectivity index (χ2v) is 7.26. The lowest BCUT2D eigenvalue weighted by atomic mass is 9.86. The maximum absolute atomic E-state index is 11.5. The first kappa shape index (κ1) is 16.4. The second kappa shape index (κ2) is 5.67. The lowest BCUT2D eigenvalue weighted by Crippen LogP contribution is -2.53. The number of benzene rings is 1. The van der Waals surface area contributed by atoms with Gasteiger partial charge in [0.05, 0.1) is 18.7 Å². The summed E-state index contributed by atoms with van der Waals surface area (Å²) in [6.07, 6.45) is 3.80. The van der Waals surface area contributed by atoms with Crippen molar-refractivity contribution < 1.29 is 9.90 Å². The number of carboxylic acids is 1. The highest BCUT2D eigenvalue weighted by atomic mass is 16.4. The van der Waals surface area contributed by atoms with Crippen LogP contribution in [0.1, 0.15) is 37.5 Å². The molecule has 0 amide bonds. The molecule has 0 radical (unpaired) electrons. The largest absolute Gasteiger partial charge is 0.548 e. The van der Waals surface area contributed by atoms with Crippen LogP contribution in [0.2, 0.25) is 0 Å². The van der Waals surface area contributed by atoms with Gasteiger partial charge in [0.2, 0.25) is 0 Å². The number of carboxylic acid groups (broad SMARTS) is 1. The number of aryl methyl sites for hydroxylation is 3. The number of nitrogens with zero attached hydrogens (tertiary/aromatic N) is 2. The van der Waals surface area contributed by atoms with Crippen LogP contribution >= 0.6 is 0 Å². The molecule has 0 aliphatic carbocycles. The molecule has 120 valence electrons. The van der Waals surface area contributed by atoms with E-state index in [0.717, 1.165) is 5.69 Å². The predicted molar refractivity (Wildman–Crippen MR) is 87.2 cm³/mol. The molecule has 0 saturated heterocycles. The molecular formula is C18H25N2O2-. The second-order valence-electron chi connectivity index (χ2n) is 7.26. The van der Waals surface area contributed by atoms with Crippen molar-refractivity contribution in [2.75, 3.05) is 11.6 Å². The quantitative estimate of drug-likeness (QED) is 0.859. The molecule has 0 spiro atoms. The number of anilines is 1. The van der Waals surface area contributed by atoms with E-state index < -0.39 is 17.4 Å². The summed E-state index contributed by atoms with van der Waals surface area (Å²) in [6.45, 7) is 12.6. The molecule has 4 heteroatoms. The van der Waals surface area contributed by atoms with Gasteiger partial charge in [0, 0.05) is 18.1 Å². The first-order chi connectivity index (χ1) is 10.1. The zero-order chi connectivity index (χ0) is 16.7. The normalized spacial score (nSPS) is 16.3. The van der Waals surface area contributed by atoms with Gasteiger partial charge in [-0.1, -0.05) is 38.5 Å². The van der Waals surface area contributed by atoms with E-state index >= 15 is 0 Å². The lowest BCUT2D eigenvalue weighted by molar-refractivity contribution is -0.314. The topological polar surface area (TPSA) is 46.6 Å². The summed E-state index contributed by atoms with van der Waals surface area (Å²) in [5, 5.41) is 11.5. The Balaban J connectivity index is 2.28. The van der Waals surface area contributed by atoms with Crippen molar-refractivity contribution in [3.8, 4) is 0 Å². The molecule has 0 saturated carbocycles. The van der Waals surface area contributed by atoms with E-state index in [1.54, 1.807) is 0 Å². The molecule has 0 N–H and O–H groups in total. The number of aliphatic carboxylic acids is 1. The summed E-state index contributed by atoms with van der Waals surface area (Å²) in [7, 11) is 0. The van der Waals surface area contributed by atoms with E-state index in [2.05, 4.69) is 37.8 Å². The Kier molecular flexibility index (Phi) is 4.23. The van der Waals surface area contributed by atoms with Crippen LogP contribution in [-0.4, -0.2) is 23.6 Å². The lowest BCUT2D eigenvalue weighted by Gasteiger charge is -2.39. The molecule has 1 aliphatic heterocycles. The Bertz CT molecular complexity index is 591. The zero-order valence-corrected chi connectivity index (χ0v) is 14.3. The molecule has 0 unspecified atom stereocenters. The average molecular weight is 301 g/mol. The van der Waals surface area contributed by atoms with Crippen molar-refractivity contribution in [1.29, 1.82) is 0 Å². The summed E-state index contributed by atoms with van der Waals surface area (Å²) in [5.41, 5.74) is 4.39. The minimum absolute atomic E-state index is 0.392. The maximum atomic E-state index is 11.5. The summed E-state index contributed by atoms with van der Waals surface area (Å²) >= 11 is 0. The molecule has 1 aliphatic rings. The Labute approximate surface area is 133 Å². The van der Waals surface area contributed by atoms with Crippen LogP contribution in [0.4, 0.5) is 5.69 Å². The van der Waals surface area contributed by atoms with Crippen LogP contribution in [0, 0.1) is 26.2 Å². The van der Waals surface area contributed by atoms with Gasteiger partial charge in [0.1, 0.15) is 0 Å². The Hall–Kier alpha value is -1.97. The third kappa shape index (κ3) is 3.11. The fourth-order valence-corrected chi connectivity index (χ4v) is 3.36. The Morgan fingerprint density at radius 1 is 1.14 bits per heavy atom. The molecule has 1 aromatic carbocycles. The van der Waals surface area contributed by atoms with Crippen molar-refractivity contribution in [1.82, 2.24) is 4.90 Å². The highest BCUT2D eigenvalue weighted by Gasteiger charge is 2.33. The van der Waals surface area contributed by atoms with Crippen LogP contribution in [0.5, 0.6) is 0 Å². The van der Waals surface area contributed by atoms with Crippen LogP contribution < -0.4 is 10.0 Å². The molecular weight excluding hydrogens is 276 g/mol. The highest BCUT2D eigenvalue weighted by Crippen LogP contribution is 2.32. The third-order valence-corrected chi connectivity index (χ3v) is 4.05. The van der Waals surface area contributed by atoms with E-state index in [9.17, 15) is 9.90 Å². The van der Waals surface area contributed by atoms with Crippen LogP contribution in [0.25, 0.3) is 0 Å². The zero-order valence-electron chi connectivity index (χ0n) is 14.3. The summed E-state index contributed by atoms with van der Waals surface area (Å²) < 4.78 is 0. The minimum Gasteiger partial charge on any atom is -0.548 e. The molecule has 22 heavy (non-hydrogen) atoms. The molecule has 0 fully saturated rings. The van der Waals surface area contributed by atoms with Crippen molar-refractivity contribution >= 4 is 11.7 Å². The minimum atomic E-state index is -1.03. The smallest absolute Gasteiger partial charge is 0.0948 e. The van der Waals surface area contributed by atoms with Gasteiger partial charge in [0.25, 0.3) is 0 Å². The summed E-state index contributed by atoms with van der Waals surface area (Å²) in [6, 6.07) is 3.65. The van der Waals surface area contributed by atoms with Crippen molar-refractivity contribution in [2.45, 2.75) is 47.6 Å². The number of carbonyl (C=O) groups is 1. The number of hydrogen-bond acceptors (Lipinski definition) is 4. The van der Waals surface area contributed by atoms with E-state index in [1.165, 1.54) is 16.7 Å². The SMILES string of the molecule is Cc1cc(C)c(N2C=CN([C@H](C(=O)[O-])C(C)(C)C)C2)c(C)c1. The molecule has 2 rings (SSSR count). The van der Waals surface area contributed by atoms with Gasteiger partial charge in [-0.2, -0.15) is 0 Å². The summed E-state index contributed by atoms with van der Waals surface area (Å²) in [4.78, 5) is 15.5. The Morgan fingerprint density at radius 3 is 2.14 bits per heavy atom. The Morgan fingerprint density at radius 2 is 1.68 bits per heavy atom. The van der Waals surface area contributed by atoms with Gasteiger partial charge in [-0.15, -0.1) is 0 Å². The fraction of sp³-hybridized carbons (Fsp3) is 0.500. The molecule has 1 aromatic rings. The van der Waals surface area contributed by atoms with Crippen molar-refractivity contribution in [3.05, 3.63) is 41.2 Å². The van der Waals surface area contributed by atoms with Gasteiger partial charge in [-0.25, -0.2) is 0 Å². The van der Waals surface area contributed by atoms with E-state index in [-0.39, 0.29) is 0 Å². The van der Waals surface area contributed by atoms with Crippen LogP contribution in [0.3, 0.4) is 0 Å². The number of rotatable bonds is 3. The molecule has 1 heterocycles. The standard InChI is InChI=1S/C18H26N2O2/c1-12-9-13(2)15(14(3)10-12)19-7-8-20(11-19)16(17(21)22)18(4,5)6/h7-10,16H,11H2,1-6H3,(H,21,22)/p-1/t16-/m1/s1. The van der Waals surface area contributed by atoms with E-state index in [1.807, 2.05) is 38.1 Å². The first-order valence-corrected chi connectivity index (χ1v) is 7.60. The molecule has 0 bridgehead atoms. The first-order valence-electron chi connectivity index (χ1n) is 7.60. The molecule has 4 nitrogen and oxygen atoms in total. The van der Waals surface area contributed by atoms with Gasteiger partial charge in [0.15, 0.2) is 0 Å². The third-order valence-electron chi connectivity index (χ3n) is 4.05. The van der Waals surface area contributed by atoms with Crippen LogP contribution in [0.15, 0.2) is 24.5 Å². The van der Waals surface area contributed by atoms with E-state index in [0.29, 0.717) is 6.67 Å². The fourth-order valence-electron chi connectivity index (χ4n) is 3.36. The maximum Gasteiger partial charge on any atom is 0.0948 e. The average Bonchev–Trinajstić information content (AvgIpc) is 2.73. The number of carbonyl (C=O) groups excluding carboxylic acids is 1. The van der Waals surface area contributed by atoms with Gasteiger partial charge >= 0.3 is 0 Å². The predicted octanol–water partition coefficient (Wildman–Crippen LogP) is 2.33. The summed E-state index contributed by atoms with van der Waals surface area (Å²) in [5.74, 6) is -1.03. The van der Waals surface area contributed by atoms with Gasteiger partial charge in [-0.3, -0.25) is 0 Å². The van der Waals surface area contributed by atoms with Gasteiger partial charge < -0.3 is 19.7 Å². The molecule has 0 aromatic heterocycles. The number of hydrogen-bond donors (Lipinski definition) is 0. The monoisotopic (exact) mass is 301 g/mol. The molecule has 1 atom stereocenters. The van der Waals surface area contributed by atoms with Crippen molar-refractivity contribution in [2.24, 2.45) is 5.41 Å². The van der Waals surface area contributed by atoms with Crippen molar-refractivity contribution in [3.63, 3.8) is 0 Å². The van der Waals surface area contributed by atoms with E-state index in [4.69, 9.17) is 0 Å². The van der Waals surface area contributed by atoms with Crippen LogP contribution in [-0.2, 0) is 4.79 Å². The van der Waals surface area contributed by atoms with Gasteiger partial charge in [-0.05, 0) is 37.3 Å².